The number of aryl methyl sites for hydroxylation is 1. The van der Waals surface area contributed by atoms with E-state index in [0.717, 1.165) is 36.2 Å². The van der Waals surface area contributed by atoms with Gasteiger partial charge in [0.25, 0.3) is 0 Å². The van der Waals surface area contributed by atoms with Gasteiger partial charge in [-0.3, -0.25) is 4.79 Å². The molecule has 0 unspecified atom stereocenters. The number of ketones is 1. The minimum atomic E-state index is -0.554. The first-order chi connectivity index (χ1) is 14.0. The molecule has 6 nitrogen and oxygen atoms in total. The van der Waals surface area contributed by atoms with Crippen molar-refractivity contribution in [1.29, 1.82) is 0 Å². The number of aromatic nitrogens is 1. The average molecular weight is 395 g/mol. The van der Waals surface area contributed by atoms with Gasteiger partial charge in [0.05, 0.1) is 13.2 Å². The average Bonchev–Trinajstić information content (AvgIpc) is 3.52. The molecule has 1 aliphatic heterocycles. The van der Waals surface area contributed by atoms with Crippen molar-refractivity contribution in [3.63, 3.8) is 0 Å². The molecule has 1 fully saturated rings. The monoisotopic (exact) mass is 395 g/mol. The van der Waals surface area contributed by atoms with Gasteiger partial charge in [-0.2, -0.15) is 0 Å². The van der Waals surface area contributed by atoms with E-state index in [1.807, 2.05) is 38.1 Å². The van der Waals surface area contributed by atoms with Crippen LogP contribution in [0.4, 0.5) is 0 Å². The van der Waals surface area contributed by atoms with Crippen LogP contribution >= 0.6 is 0 Å². The number of fused-ring (bicyclic) bond motifs is 1. The van der Waals surface area contributed by atoms with E-state index in [9.17, 15) is 9.59 Å². The summed E-state index contributed by atoms with van der Waals surface area (Å²) in [5.74, 6) is 0.639. The molecule has 0 N–H and O–H groups in total. The molecule has 2 aliphatic rings. The van der Waals surface area contributed by atoms with Gasteiger partial charge in [-0.05, 0) is 56.5 Å². The first-order valence-corrected chi connectivity index (χ1v) is 9.99. The highest BCUT2D eigenvalue weighted by Crippen LogP contribution is 2.38. The van der Waals surface area contributed by atoms with E-state index >= 15 is 0 Å². The number of ether oxygens (including phenoxy) is 3. The molecule has 1 aromatic carbocycles. The zero-order chi connectivity index (χ0) is 20.4. The number of nitrogens with zero attached hydrogens (tertiary/aromatic N) is 1. The summed E-state index contributed by atoms with van der Waals surface area (Å²) in [5.41, 5.74) is 3.46. The van der Waals surface area contributed by atoms with Crippen LogP contribution in [-0.4, -0.2) is 36.1 Å². The number of hydrogen-bond acceptors (Lipinski definition) is 5. The van der Waals surface area contributed by atoms with Gasteiger partial charge in [0.1, 0.15) is 0 Å². The molecule has 0 spiro atoms. The summed E-state index contributed by atoms with van der Waals surface area (Å²) in [6.45, 7) is 4.92. The predicted octanol–water partition coefficient (Wildman–Crippen LogP) is 4.04. The van der Waals surface area contributed by atoms with E-state index in [2.05, 4.69) is 4.57 Å². The predicted molar refractivity (Wildman–Crippen MR) is 109 cm³/mol. The molecule has 0 bridgehead atoms. The second-order valence-electron chi connectivity index (χ2n) is 7.51. The highest BCUT2D eigenvalue weighted by atomic mass is 16.5. The van der Waals surface area contributed by atoms with Crippen LogP contribution < -0.4 is 9.47 Å². The van der Waals surface area contributed by atoms with Crippen LogP contribution in [0.2, 0.25) is 0 Å². The van der Waals surface area contributed by atoms with Crippen LogP contribution in [0.25, 0.3) is 6.08 Å². The van der Waals surface area contributed by atoms with Gasteiger partial charge in [0, 0.05) is 35.5 Å². The maximum absolute atomic E-state index is 12.5. The number of benzene rings is 1. The Kier molecular flexibility index (Phi) is 5.43. The van der Waals surface area contributed by atoms with E-state index in [1.54, 1.807) is 6.08 Å². The number of carbonyl (C=O) groups excluding carboxylic acids is 2. The van der Waals surface area contributed by atoms with Gasteiger partial charge < -0.3 is 18.8 Å². The molecule has 0 amide bonds. The Balaban J connectivity index is 1.35. The summed E-state index contributed by atoms with van der Waals surface area (Å²) < 4.78 is 18.6. The van der Waals surface area contributed by atoms with E-state index in [1.165, 1.54) is 6.08 Å². The second-order valence-corrected chi connectivity index (χ2v) is 7.51. The molecule has 0 saturated heterocycles. The molecule has 0 atom stereocenters. The smallest absolute Gasteiger partial charge is 0.331 e. The van der Waals surface area contributed by atoms with Crippen LogP contribution in [0.5, 0.6) is 11.5 Å². The highest BCUT2D eigenvalue weighted by Gasteiger charge is 2.28. The molecular weight excluding hydrogens is 370 g/mol. The number of Topliss-reactive ketones (excluding diaryl/α,β-unsaturated/α-hetero) is 1. The Bertz CT molecular complexity index is 968. The van der Waals surface area contributed by atoms with Crippen molar-refractivity contribution < 1.29 is 23.8 Å². The lowest BCUT2D eigenvalue weighted by atomic mass is 10.1. The largest absolute Gasteiger partial charge is 0.490 e. The summed E-state index contributed by atoms with van der Waals surface area (Å²) in [6.07, 6.45) is 6.11. The second kappa shape index (κ2) is 8.15. The third-order valence-electron chi connectivity index (χ3n) is 5.23. The summed E-state index contributed by atoms with van der Waals surface area (Å²) in [5, 5.41) is 0. The zero-order valence-corrected chi connectivity index (χ0v) is 16.8. The Labute approximate surface area is 170 Å². The number of carbonyl (C=O) groups is 2. The number of rotatable bonds is 6. The number of hydrogen-bond donors (Lipinski definition) is 0. The van der Waals surface area contributed by atoms with Crippen LogP contribution in [0.15, 0.2) is 30.3 Å². The van der Waals surface area contributed by atoms with Crippen molar-refractivity contribution in [2.75, 3.05) is 19.8 Å². The van der Waals surface area contributed by atoms with Crippen molar-refractivity contribution in [2.45, 2.75) is 39.2 Å². The minimum Gasteiger partial charge on any atom is -0.490 e. The lowest BCUT2D eigenvalue weighted by Crippen LogP contribution is -2.13. The molecule has 152 valence electrons. The fourth-order valence-corrected chi connectivity index (χ4v) is 3.66. The summed E-state index contributed by atoms with van der Waals surface area (Å²) in [6, 6.07) is 7.89. The molecular formula is C23H25NO5. The fourth-order valence-electron chi connectivity index (χ4n) is 3.66. The Morgan fingerprint density at radius 2 is 1.90 bits per heavy atom. The van der Waals surface area contributed by atoms with Crippen molar-refractivity contribution in [3.8, 4) is 11.5 Å². The lowest BCUT2D eigenvalue weighted by Gasteiger charge is -2.08. The van der Waals surface area contributed by atoms with Gasteiger partial charge in [-0.1, -0.05) is 6.07 Å². The van der Waals surface area contributed by atoms with Crippen molar-refractivity contribution in [2.24, 2.45) is 0 Å². The molecule has 2 aromatic rings. The molecule has 1 saturated carbocycles. The normalized spacial score (nSPS) is 15.9. The quantitative estimate of drug-likeness (QED) is 0.420. The molecule has 29 heavy (non-hydrogen) atoms. The zero-order valence-electron chi connectivity index (χ0n) is 16.8. The van der Waals surface area contributed by atoms with Gasteiger partial charge in [-0.25, -0.2) is 4.79 Å². The first-order valence-electron chi connectivity index (χ1n) is 9.99. The summed E-state index contributed by atoms with van der Waals surface area (Å²) in [4.78, 5) is 24.5. The lowest BCUT2D eigenvalue weighted by molar-refractivity contribution is -0.136. The van der Waals surface area contributed by atoms with Crippen molar-refractivity contribution in [3.05, 3.63) is 52.9 Å². The van der Waals surface area contributed by atoms with Crippen molar-refractivity contribution >= 4 is 17.8 Å². The number of esters is 1. The van der Waals surface area contributed by atoms with Crippen LogP contribution in [-0.2, 0) is 9.53 Å². The minimum absolute atomic E-state index is 0.178. The van der Waals surface area contributed by atoms with Gasteiger partial charge >= 0.3 is 5.97 Å². The maximum atomic E-state index is 12.5. The molecule has 1 aliphatic carbocycles. The topological polar surface area (TPSA) is 66.8 Å². The third kappa shape index (κ3) is 4.36. The van der Waals surface area contributed by atoms with E-state index in [0.29, 0.717) is 36.3 Å². The van der Waals surface area contributed by atoms with Gasteiger partial charge in [0.2, 0.25) is 5.78 Å². The summed E-state index contributed by atoms with van der Waals surface area (Å²) in [7, 11) is 0. The van der Waals surface area contributed by atoms with E-state index in [-0.39, 0.29) is 12.4 Å². The Morgan fingerprint density at radius 3 is 2.66 bits per heavy atom. The standard InChI is InChI=1S/C23H25NO5/c1-15-12-19(16(2)24(15)18-6-7-18)20(25)14-29-23(26)9-5-17-4-8-21-22(13-17)28-11-3-10-27-21/h4-5,8-9,12-13,18H,3,6-7,10-11,14H2,1-2H3/b9-5+. The molecule has 6 heteroatoms. The van der Waals surface area contributed by atoms with Gasteiger partial charge in [0.15, 0.2) is 18.1 Å². The van der Waals surface area contributed by atoms with Crippen LogP contribution in [0, 0.1) is 13.8 Å². The van der Waals surface area contributed by atoms with Crippen molar-refractivity contribution in [1.82, 2.24) is 4.57 Å². The Morgan fingerprint density at radius 1 is 1.14 bits per heavy atom. The Hall–Kier alpha value is -3.02. The fraction of sp³-hybridized carbons (Fsp3) is 0.391. The molecule has 2 heterocycles. The van der Waals surface area contributed by atoms with Crippen LogP contribution in [0.1, 0.15) is 52.6 Å². The highest BCUT2D eigenvalue weighted by molar-refractivity contribution is 6.00. The van der Waals surface area contributed by atoms with E-state index in [4.69, 9.17) is 14.2 Å². The SMILES string of the molecule is Cc1cc(C(=O)COC(=O)/C=C/c2ccc3c(c2)OCCCO3)c(C)n1C1CC1. The molecule has 1 aromatic heterocycles. The third-order valence-corrected chi connectivity index (χ3v) is 5.23. The summed E-state index contributed by atoms with van der Waals surface area (Å²) >= 11 is 0. The molecule has 4 rings (SSSR count). The maximum Gasteiger partial charge on any atom is 0.331 e. The van der Waals surface area contributed by atoms with Gasteiger partial charge in [-0.15, -0.1) is 0 Å². The van der Waals surface area contributed by atoms with E-state index < -0.39 is 5.97 Å². The van der Waals surface area contributed by atoms with Crippen LogP contribution in [0.3, 0.4) is 0 Å². The molecule has 0 radical (unpaired) electrons. The first kappa shape index (κ1) is 19.3.